The summed E-state index contributed by atoms with van der Waals surface area (Å²) in [6.07, 6.45) is 0.349. The van der Waals surface area contributed by atoms with Crippen LogP contribution in [0.4, 0.5) is 0 Å². The van der Waals surface area contributed by atoms with Gasteiger partial charge in [-0.15, -0.1) is 0 Å². The highest BCUT2D eigenvalue weighted by Crippen LogP contribution is 2.12. The first kappa shape index (κ1) is 9.01. The van der Waals surface area contributed by atoms with Crippen LogP contribution in [0.1, 0.15) is 27.7 Å². The van der Waals surface area contributed by atoms with Gasteiger partial charge in [-0.1, -0.05) is 6.92 Å². The fourth-order valence-corrected chi connectivity index (χ4v) is 1.31. The molecular weight excluding hydrogens is 138 g/mol. The van der Waals surface area contributed by atoms with E-state index in [0.717, 1.165) is 6.61 Å². The molecule has 4 atom stereocenters. The minimum atomic E-state index is 0.349. The Morgan fingerprint density at radius 3 is 2.36 bits per heavy atom. The molecule has 0 aromatic carbocycles. The van der Waals surface area contributed by atoms with Crippen molar-refractivity contribution in [2.75, 3.05) is 6.61 Å². The van der Waals surface area contributed by atoms with Crippen LogP contribution in [0.2, 0.25) is 0 Å². The SMILES string of the molecule is CC1COC(C)C(C)NC1C. The lowest BCUT2D eigenvalue weighted by Crippen LogP contribution is -2.40. The van der Waals surface area contributed by atoms with E-state index in [2.05, 4.69) is 33.0 Å². The minimum absolute atomic E-state index is 0.349. The van der Waals surface area contributed by atoms with Crippen molar-refractivity contribution in [3.8, 4) is 0 Å². The van der Waals surface area contributed by atoms with E-state index in [1.165, 1.54) is 0 Å². The molecule has 0 aromatic heterocycles. The molecule has 0 bridgehead atoms. The monoisotopic (exact) mass is 157 g/mol. The largest absolute Gasteiger partial charge is 0.377 e. The molecule has 0 aromatic rings. The van der Waals surface area contributed by atoms with Gasteiger partial charge in [-0.3, -0.25) is 0 Å². The van der Waals surface area contributed by atoms with E-state index < -0.39 is 0 Å². The summed E-state index contributed by atoms with van der Waals surface area (Å²) in [5.74, 6) is 0.627. The topological polar surface area (TPSA) is 21.3 Å². The fraction of sp³-hybridized carbons (Fsp3) is 1.00. The second-order valence-corrected chi connectivity index (χ2v) is 3.76. The van der Waals surface area contributed by atoms with Crippen molar-refractivity contribution >= 4 is 0 Å². The molecule has 1 fully saturated rings. The third kappa shape index (κ3) is 2.17. The first-order valence-electron chi connectivity index (χ1n) is 4.49. The lowest BCUT2D eigenvalue weighted by molar-refractivity contribution is 0.0463. The molecular formula is C9H19NO. The summed E-state index contributed by atoms with van der Waals surface area (Å²) in [6, 6.07) is 1.06. The third-order valence-corrected chi connectivity index (χ3v) is 2.71. The van der Waals surface area contributed by atoms with Gasteiger partial charge in [0.25, 0.3) is 0 Å². The zero-order chi connectivity index (χ0) is 8.43. The van der Waals surface area contributed by atoms with E-state index >= 15 is 0 Å². The highest BCUT2D eigenvalue weighted by Gasteiger charge is 2.23. The van der Waals surface area contributed by atoms with Gasteiger partial charge in [0.2, 0.25) is 0 Å². The Balaban J connectivity index is 2.51. The number of nitrogens with one attached hydrogen (secondary N) is 1. The standard InChI is InChI=1S/C9H19NO/c1-6-5-11-9(4)8(3)10-7(6)2/h6-10H,5H2,1-4H3. The lowest BCUT2D eigenvalue weighted by atomic mass is 10.1. The van der Waals surface area contributed by atoms with Gasteiger partial charge < -0.3 is 10.1 Å². The van der Waals surface area contributed by atoms with Crippen LogP contribution in [0.15, 0.2) is 0 Å². The van der Waals surface area contributed by atoms with Crippen molar-refractivity contribution in [2.24, 2.45) is 5.92 Å². The highest BCUT2D eigenvalue weighted by molar-refractivity contribution is 4.79. The number of hydrogen-bond donors (Lipinski definition) is 1. The lowest BCUT2D eigenvalue weighted by Gasteiger charge is -2.20. The number of rotatable bonds is 0. The van der Waals surface area contributed by atoms with Crippen molar-refractivity contribution < 1.29 is 4.74 Å². The van der Waals surface area contributed by atoms with Crippen LogP contribution in [0, 0.1) is 5.92 Å². The molecule has 1 aliphatic heterocycles. The smallest absolute Gasteiger partial charge is 0.0697 e. The van der Waals surface area contributed by atoms with Gasteiger partial charge in [0, 0.05) is 12.1 Å². The molecule has 66 valence electrons. The van der Waals surface area contributed by atoms with Gasteiger partial charge in [0.15, 0.2) is 0 Å². The van der Waals surface area contributed by atoms with E-state index in [1.807, 2.05) is 0 Å². The van der Waals surface area contributed by atoms with E-state index in [9.17, 15) is 0 Å². The Morgan fingerprint density at radius 2 is 1.73 bits per heavy atom. The summed E-state index contributed by atoms with van der Waals surface area (Å²) >= 11 is 0. The van der Waals surface area contributed by atoms with Crippen LogP contribution < -0.4 is 5.32 Å². The zero-order valence-corrected chi connectivity index (χ0v) is 7.92. The van der Waals surface area contributed by atoms with Crippen LogP contribution >= 0.6 is 0 Å². The fourth-order valence-electron chi connectivity index (χ4n) is 1.31. The van der Waals surface area contributed by atoms with Crippen LogP contribution in [-0.2, 0) is 4.74 Å². The second kappa shape index (κ2) is 3.55. The molecule has 1 aliphatic rings. The van der Waals surface area contributed by atoms with Crippen LogP contribution in [0.3, 0.4) is 0 Å². The van der Waals surface area contributed by atoms with Crippen molar-refractivity contribution in [2.45, 2.75) is 45.9 Å². The van der Waals surface area contributed by atoms with Crippen LogP contribution in [0.5, 0.6) is 0 Å². The molecule has 2 heteroatoms. The number of hydrogen-bond acceptors (Lipinski definition) is 2. The molecule has 0 saturated carbocycles. The maximum Gasteiger partial charge on any atom is 0.0697 e. The van der Waals surface area contributed by atoms with E-state index in [0.29, 0.717) is 24.1 Å². The number of ether oxygens (including phenoxy) is 1. The van der Waals surface area contributed by atoms with Crippen molar-refractivity contribution in [3.63, 3.8) is 0 Å². The molecule has 1 saturated heterocycles. The Hall–Kier alpha value is -0.0800. The third-order valence-electron chi connectivity index (χ3n) is 2.71. The summed E-state index contributed by atoms with van der Waals surface area (Å²) in [6.45, 7) is 9.65. The van der Waals surface area contributed by atoms with Gasteiger partial charge in [0.05, 0.1) is 12.7 Å². The Kier molecular flexibility index (Phi) is 2.90. The molecule has 4 unspecified atom stereocenters. The summed E-state index contributed by atoms with van der Waals surface area (Å²) < 4.78 is 5.64. The zero-order valence-electron chi connectivity index (χ0n) is 7.92. The molecule has 1 rings (SSSR count). The summed E-state index contributed by atoms with van der Waals surface area (Å²) in [7, 11) is 0. The summed E-state index contributed by atoms with van der Waals surface area (Å²) in [5, 5.41) is 3.52. The normalized spacial score (nSPS) is 46.9. The average molecular weight is 157 g/mol. The quantitative estimate of drug-likeness (QED) is 0.574. The minimum Gasteiger partial charge on any atom is -0.377 e. The van der Waals surface area contributed by atoms with Gasteiger partial charge in [-0.05, 0) is 26.7 Å². The molecule has 1 N–H and O–H groups in total. The maximum absolute atomic E-state index is 5.64. The summed E-state index contributed by atoms with van der Waals surface area (Å²) in [4.78, 5) is 0. The molecule has 0 amide bonds. The molecule has 0 aliphatic carbocycles. The maximum atomic E-state index is 5.64. The Labute approximate surface area is 69.3 Å². The van der Waals surface area contributed by atoms with Crippen molar-refractivity contribution in [1.29, 1.82) is 0 Å². The van der Waals surface area contributed by atoms with Gasteiger partial charge in [-0.25, -0.2) is 0 Å². The first-order valence-corrected chi connectivity index (χ1v) is 4.49. The molecule has 2 nitrogen and oxygen atoms in total. The van der Waals surface area contributed by atoms with Crippen LogP contribution in [-0.4, -0.2) is 24.8 Å². The Morgan fingerprint density at radius 1 is 1.09 bits per heavy atom. The average Bonchev–Trinajstić information content (AvgIpc) is 2.05. The Bertz CT molecular complexity index is 113. The van der Waals surface area contributed by atoms with E-state index in [1.54, 1.807) is 0 Å². The second-order valence-electron chi connectivity index (χ2n) is 3.76. The van der Waals surface area contributed by atoms with Crippen LogP contribution in [0.25, 0.3) is 0 Å². The van der Waals surface area contributed by atoms with Crippen molar-refractivity contribution in [3.05, 3.63) is 0 Å². The predicted octanol–water partition coefficient (Wildman–Crippen LogP) is 1.41. The van der Waals surface area contributed by atoms with Crippen molar-refractivity contribution in [1.82, 2.24) is 5.32 Å². The molecule has 0 radical (unpaired) electrons. The van der Waals surface area contributed by atoms with Gasteiger partial charge >= 0.3 is 0 Å². The van der Waals surface area contributed by atoms with Gasteiger partial charge in [0.1, 0.15) is 0 Å². The molecule has 11 heavy (non-hydrogen) atoms. The summed E-state index contributed by atoms with van der Waals surface area (Å²) in [5.41, 5.74) is 0. The van der Waals surface area contributed by atoms with E-state index in [4.69, 9.17) is 4.74 Å². The first-order chi connectivity index (χ1) is 5.11. The van der Waals surface area contributed by atoms with E-state index in [-0.39, 0.29) is 0 Å². The highest BCUT2D eigenvalue weighted by atomic mass is 16.5. The molecule has 1 heterocycles. The predicted molar refractivity (Wildman–Crippen MR) is 46.6 cm³/mol. The molecule has 0 spiro atoms. The van der Waals surface area contributed by atoms with Gasteiger partial charge in [-0.2, -0.15) is 0 Å².